The van der Waals surface area contributed by atoms with Gasteiger partial charge in [-0.2, -0.15) is 0 Å². The van der Waals surface area contributed by atoms with Crippen LogP contribution < -0.4 is 22.3 Å². The Morgan fingerprint density at radius 2 is 2.19 bits per heavy atom. The molecule has 21 heavy (non-hydrogen) atoms. The average molecular weight is 289 g/mol. The van der Waals surface area contributed by atoms with E-state index in [1.807, 2.05) is 26.0 Å². The Kier molecular flexibility index (Phi) is 4.42. The molecule has 2 aromatic rings. The normalized spacial score (nSPS) is 10.8. The molecule has 2 heterocycles. The molecule has 7 heteroatoms. The summed E-state index contributed by atoms with van der Waals surface area (Å²) in [5.74, 6) is 0.392. The topological polar surface area (TPSA) is 106 Å². The van der Waals surface area contributed by atoms with Crippen molar-refractivity contribution < 1.29 is 0 Å². The van der Waals surface area contributed by atoms with E-state index < -0.39 is 11.2 Å². The third kappa shape index (κ3) is 3.50. The number of pyridine rings is 1. The molecule has 0 fully saturated rings. The zero-order chi connectivity index (χ0) is 15.4. The average Bonchev–Trinajstić information content (AvgIpc) is 2.44. The molecule has 0 aromatic carbocycles. The molecule has 0 spiro atoms. The number of nitrogens with two attached hydrogens (primary N) is 1. The third-order valence-electron chi connectivity index (χ3n) is 2.98. The molecule has 0 unspecified atom stereocenters. The van der Waals surface area contributed by atoms with Gasteiger partial charge in [-0.3, -0.25) is 19.3 Å². The highest BCUT2D eigenvalue weighted by atomic mass is 16.2. The van der Waals surface area contributed by atoms with Gasteiger partial charge in [-0.15, -0.1) is 0 Å². The zero-order valence-corrected chi connectivity index (χ0v) is 12.1. The van der Waals surface area contributed by atoms with Gasteiger partial charge in [0.15, 0.2) is 0 Å². The lowest BCUT2D eigenvalue weighted by molar-refractivity contribution is 0.508. The lowest BCUT2D eigenvalue weighted by atomic mass is 10.2. The number of nitrogens with zero attached hydrogens (tertiary/aromatic N) is 2. The molecule has 0 bridgehead atoms. The molecule has 2 rings (SSSR count). The highest BCUT2D eigenvalue weighted by Gasteiger charge is 2.12. The number of hydrogen-bond acceptors (Lipinski definition) is 5. The quantitative estimate of drug-likeness (QED) is 0.754. The summed E-state index contributed by atoms with van der Waals surface area (Å²) in [7, 11) is 0. The smallest absolute Gasteiger partial charge is 0.330 e. The molecule has 0 amide bonds. The molecule has 0 atom stereocenters. The Bertz CT molecular complexity index is 718. The number of nitrogens with one attached hydrogen (secondary N) is 2. The van der Waals surface area contributed by atoms with Crippen molar-refractivity contribution in [3.05, 3.63) is 50.9 Å². The van der Waals surface area contributed by atoms with Crippen LogP contribution in [-0.4, -0.2) is 14.5 Å². The zero-order valence-electron chi connectivity index (χ0n) is 12.1. The van der Waals surface area contributed by atoms with Crippen LogP contribution in [0.4, 0.5) is 11.5 Å². The number of anilines is 2. The highest BCUT2D eigenvalue weighted by Crippen LogP contribution is 2.13. The molecule has 0 aliphatic rings. The molecule has 4 N–H and O–H groups in total. The van der Waals surface area contributed by atoms with E-state index in [1.165, 1.54) is 4.57 Å². The van der Waals surface area contributed by atoms with Crippen molar-refractivity contribution in [1.82, 2.24) is 14.5 Å². The van der Waals surface area contributed by atoms with Crippen molar-refractivity contribution in [1.29, 1.82) is 0 Å². The Morgan fingerprint density at radius 3 is 2.81 bits per heavy atom. The molecule has 0 aliphatic carbocycles. The third-order valence-corrected chi connectivity index (χ3v) is 2.98. The van der Waals surface area contributed by atoms with Gasteiger partial charge >= 0.3 is 5.69 Å². The van der Waals surface area contributed by atoms with Crippen LogP contribution in [0.2, 0.25) is 0 Å². The van der Waals surface area contributed by atoms with Crippen LogP contribution in [0.25, 0.3) is 0 Å². The number of rotatable bonds is 5. The van der Waals surface area contributed by atoms with Gasteiger partial charge in [0, 0.05) is 25.5 Å². The number of aromatic amines is 1. The fraction of sp³-hybridized carbons (Fsp3) is 0.357. The van der Waals surface area contributed by atoms with Crippen molar-refractivity contribution >= 4 is 11.5 Å². The Morgan fingerprint density at radius 1 is 1.43 bits per heavy atom. The van der Waals surface area contributed by atoms with E-state index in [-0.39, 0.29) is 17.4 Å². The van der Waals surface area contributed by atoms with Crippen LogP contribution in [0.5, 0.6) is 0 Å². The van der Waals surface area contributed by atoms with Crippen molar-refractivity contribution in [3.8, 4) is 0 Å². The predicted molar refractivity (Wildman–Crippen MR) is 82.1 cm³/mol. The van der Waals surface area contributed by atoms with Gasteiger partial charge < -0.3 is 11.1 Å². The Hall–Kier alpha value is -2.57. The van der Waals surface area contributed by atoms with Crippen LogP contribution in [0, 0.1) is 5.92 Å². The fourth-order valence-corrected chi connectivity index (χ4v) is 2.00. The van der Waals surface area contributed by atoms with E-state index in [4.69, 9.17) is 5.73 Å². The summed E-state index contributed by atoms with van der Waals surface area (Å²) in [5, 5.41) is 2.97. The first-order valence-corrected chi connectivity index (χ1v) is 6.74. The van der Waals surface area contributed by atoms with Crippen LogP contribution in [0.15, 0.2) is 34.1 Å². The Balaban J connectivity index is 2.31. The number of nitrogen functional groups attached to an aromatic ring is 1. The second-order valence-electron chi connectivity index (χ2n) is 5.24. The van der Waals surface area contributed by atoms with Gasteiger partial charge in [0.2, 0.25) is 0 Å². The van der Waals surface area contributed by atoms with Crippen LogP contribution in [0.3, 0.4) is 0 Å². The fourth-order valence-electron chi connectivity index (χ4n) is 2.00. The molecule has 0 saturated heterocycles. The largest absolute Gasteiger partial charge is 0.383 e. The summed E-state index contributed by atoms with van der Waals surface area (Å²) >= 11 is 0. The van der Waals surface area contributed by atoms with Gasteiger partial charge in [-0.1, -0.05) is 19.9 Å². The predicted octanol–water partition coefficient (Wildman–Crippen LogP) is 0.782. The number of H-pyrrole nitrogens is 1. The monoisotopic (exact) mass is 289 g/mol. The maximum atomic E-state index is 11.9. The molecule has 112 valence electrons. The molecule has 0 radical (unpaired) electrons. The second-order valence-corrected chi connectivity index (χ2v) is 5.24. The minimum atomic E-state index is -0.513. The first-order chi connectivity index (χ1) is 9.99. The van der Waals surface area contributed by atoms with Gasteiger partial charge in [-0.25, -0.2) is 4.79 Å². The van der Waals surface area contributed by atoms with Crippen molar-refractivity contribution in [3.63, 3.8) is 0 Å². The van der Waals surface area contributed by atoms with E-state index in [0.29, 0.717) is 13.1 Å². The summed E-state index contributed by atoms with van der Waals surface area (Å²) in [5.41, 5.74) is 6.08. The van der Waals surface area contributed by atoms with Crippen molar-refractivity contribution in [2.75, 3.05) is 11.1 Å². The summed E-state index contributed by atoms with van der Waals surface area (Å²) < 4.78 is 1.37. The minimum absolute atomic E-state index is 0.154. The molecule has 2 aromatic heterocycles. The number of aromatic nitrogens is 3. The minimum Gasteiger partial charge on any atom is -0.383 e. The van der Waals surface area contributed by atoms with Crippen molar-refractivity contribution in [2.24, 2.45) is 5.92 Å². The summed E-state index contributed by atoms with van der Waals surface area (Å²) in [6, 6.07) is 3.69. The van der Waals surface area contributed by atoms with Gasteiger partial charge in [0.05, 0.1) is 0 Å². The Labute approximate surface area is 121 Å². The van der Waals surface area contributed by atoms with Crippen LogP contribution in [-0.2, 0) is 13.1 Å². The first kappa shape index (κ1) is 14.8. The van der Waals surface area contributed by atoms with E-state index in [2.05, 4.69) is 15.3 Å². The van der Waals surface area contributed by atoms with Crippen LogP contribution >= 0.6 is 0 Å². The van der Waals surface area contributed by atoms with E-state index >= 15 is 0 Å². The summed E-state index contributed by atoms with van der Waals surface area (Å²) in [6.07, 6.45) is 3.37. The van der Waals surface area contributed by atoms with Gasteiger partial charge in [0.1, 0.15) is 11.5 Å². The maximum Gasteiger partial charge on any atom is 0.330 e. The van der Waals surface area contributed by atoms with E-state index in [1.54, 1.807) is 12.4 Å². The molecule has 0 aliphatic heterocycles. The molecular weight excluding hydrogens is 270 g/mol. The molecular formula is C14H19N5O2. The summed E-state index contributed by atoms with van der Waals surface area (Å²) in [4.78, 5) is 30.0. The van der Waals surface area contributed by atoms with E-state index in [9.17, 15) is 9.59 Å². The lowest BCUT2D eigenvalue weighted by Gasteiger charge is -2.15. The van der Waals surface area contributed by atoms with Gasteiger partial charge in [0.25, 0.3) is 5.56 Å². The first-order valence-electron chi connectivity index (χ1n) is 6.74. The van der Waals surface area contributed by atoms with E-state index in [0.717, 1.165) is 5.56 Å². The molecule has 7 nitrogen and oxygen atoms in total. The maximum absolute atomic E-state index is 11.9. The SMILES string of the molecule is CC(C)Cn1c(N)c(NCc2cccnc2)c(=O)[nH]c1=O. The van der Waals surface area contributed by atoms with Crippen LogP contribution in [0.1, 0.15) is 19.4 Å². The lowest BCUT2D eigenvalue weighted by Crippen LogP contribution is -2.35. The molecule has 0 saturated carbocycles. The van der Waals surface area contributed by atoms with Crippen molar-refractivity contribution in [2.45, 2.75) is 26.9 Å². The standard InChI is InChI=1S/C14H19N5O2/c1-9(2)8-19-12(15)11(13(20)18-14(19)21)17-7-10-4-3-5-16-6-10/h3-6,9,17H,7-8,15H2,1-2H3,(H,18,20,21). The number of hydrogen-bond donors (Lipinski definition) is 3. The van der Waals surface area contributed by atoms with Gasteiger partial charge in [-0.05, 0) is 17.5 Å². The highest BCUT2D eigenvalue weighted by molar-refractivity contribution is 5.60. The second kappa shape index (κ2) is 6.25. The summed E-state index contributed by atoms with van der Waals surface area (Å²) in [6.45, 7) is 4.80.